The van der Waals surface area contributed by atoms with Crippen molar-refractivity contribution in [2.75, 3.05) is 11.9 Å². The largest absolute Gasteiger partial charge is 0.462 e. The Morgan fingerprint density at radius 3 is 2.70 bits per heavy atom. The number of nitrogens with zero attached hydrogens (tertiary/aromatic N) is 2. The molecule has 0 aliphatic carbocycles. The Bertz CT molecular complexity index is 573. The average Bonchev–Trinajstić information content (AvgIpc) is 2.42. The molecule has 0 bridgehead atoms. The number of nitrogens with one attached hydrogen (secondary N) is 1. The second-order valence-electron chi connectivity index (χ2n) is 3.47. The Balaban J connectivity index is 3.11. The van der Waals surface area contributed by atoms with Gasteiger partial charge in [-0.1, -0.05) is 11.6 Å². The first-order chi connectivity index (χ1) is 9.62. The third kappa shape index (κ3) is 4.30. The minimum absolute atomic E-state index is 0.00997. The highest BCUT2D eigenvalue weighted by Crippen LogP contribution is 2.17. The van der Waals surface area contributed by atoms with Gasteiger partial charge in [0.15, 0.2) is 11.4 Å². The minimum atomic E-state index is -0.767. The van der Waals surface area contributed by atoms with Gasteiger partial charge in [0.1, 0.15) is 6.07 Å². The number of carbonyl (C=O) groups excluding carboxylic acids is 1. The summed E-state index contributed by atoms with van der Waals surface area (Å²) in [5, 5.41) is 12.4. The van der Waals surface area contributed by atoms with E-state index in [2.05, 4.69) is 10.3 Å². The van der Waals surface area contributed by atoms with Crippen molar-refractivity contribution >= 4 is 29.6 Å². The fourth-order valence-corrected chi connectivity index (χ4v) is 1.43. The zero-order valence-electron chi connectivity index (χ0n) is 10.8. The molecule has 0 atom stereocenters. The number of anilines is 1. The quantitative estimate of drug-likeness (QED) is 0.284. The lowest BCUT2D eigenvalue weighted by atomic mass is 10.2. The van der Waals surface area contributed by atoms with E-state index in [1.165, 1.54) is 0 Å². The van der Waals surface area contributed by atoms with Crippen molar-refractivity contribution < 1.29 is 9.53 Å². The predicted molar refractivity (Wildman–Crippen MR) is 77.0 cm³/mol. The highest BCUT2D eigenvalue weighted by Gasteiger charge is 2.16. The zero-order valence-corrected chi connectivity index (χ0v) is 11.5. The number of hydrogen-bond acceptors (Lipinski definition) is 5. The van der Waals surface area contributed by atoms with Gasteiger partial charge in [0, 0.05) is 10.7 Å². The summed E-state index contributed by atoms with van der Waals surface area (Å²) in [5.74, 6) is -0.757. The number of rotatable bonds is 5. The third-order valence-electron chi connectivity index (χ3n) is 2.14. The summed E-state index contributed by atoms with van der Waals surface area (Å²) >= 11 is 5.78. The van der Waals surface area contributed by atoms with Crippen LogP contribution < -0.4 is 11.1 Å². The lowest BCUT2D eigenvalue weighted by molar-refractivity contribution is -0.138. The fourth-order valence-electron chi connectivity index (χ4n) is 1.30. The summed E-state index contributed by atoms with van der Waals surface area (Å²) in [5.41, 5.74) is 5.57. The highest BCUT2D eigenvalue weighted by molar-refractivity contribution is 6.30. The summed E-state index contributed by atoms with van der Waals surface area (Å²) in [6.45, 7) is 1.80. The van der Waals surface area contributed by atoms with Gasteiger partial charge < -0.3 is 15.8 Å². The van der Waals surface area contributed by atoms with E-state index in [1.54, 1.807) is 37.3 Å². The van der Waals surface area contributed by atoms with Gasteiger partial charge in [-0.25, -0.2) is 9.79 Å². The summed E-state index contributed by atoms with van der Waals surface area (Å²) in [4.78, 5) is 15.4. The molecule has 20 heavy (non-hydrogen) atoms. The normalized spacial score (nSPS) is 11.7. The van der Waals surface area contributed by atoms with Crippen molar-refractivity contribution in [3.63, 3.8) is 0 Å². The Kier molecular flexibility index (Phi) is 6.07. The molecule has 7 heteroatoms. The van der Waals surface area contributed by atoms with Gasteiger partial charge in [-0.2, -0.15) is 5.26 Å². The standard InChI is InChI=1S/C13H13ClN4O2/c1-2-20-13(19)11(7-15)12(17-8-16)18-10-5-3-9(14)4-6-10/h3-6,8,18H,2H2,1H3,(H2,16,17)/b12-11+. The molecule has 1 aromatic rings. The molecule has 0 heterocycles. The molecule has 0 spiro atoms. The van der Waals surface area contributed by atoms with E-state index in [0.717, 1.165) is 6.34 Å². The highest BCUT2D eigenvalue weighted by atomic mass is 35.5. The second-order valence-corrected chi connectivity index (χ2v) is 3.90. The molecule has 0 aliphatic heterocycles. The number of hydrogen-bond donors (Lipinski definition) is 2. The second kappa shape index (κ2) is 7.81. The van der Waals surface area contributed by atoms with Gasteiger partial charge >= 0.3 is 5.97 Å². The van der Waals surface area contributed by atoms with Crippen LogP contribution in [-0.2, 0) is 9.53 Å². The third-order valence-corrected chi connectivity index (χ3v) is 2.39. The van der Waals surface area contributed by atoms with Crippen molar-refractivity contribution in [3.8, 4) is 6.07 Å². The molecule has 0 aliphatic rings. The number of carbonyl (C=O) groups is 1. The van der Waals surface area contributed by atoms with Crippen molar-refractivity contribution in [2.24, 2.45) is 10.7 Å². The number of benzene rings is 1. The molecular formula is C13H13ClN4O2. The van der Waals surface area contributed by atoms with Crippen molar-refractivity contribution in [3.05, 3.63) is 40.7 Å². The van der Waals surface area contributed by atoms with Gasteiger partial charge in [-0.3, -0.25) is 0 Å². The summed E-state index contributed by atoms with van der Waals surface area (Å²) < 4.78 is 4.78. The zero-order chi connectivity index (χ0) is 15.0. The number of aliphatic imine (C=N–C) groups is 1. The van der Waals surface area contributed by atoms with Crippen LogP contribution in [0, 0.1) is 11.3 Å². The first-order valence-corrected chi connectivity index (χ1v) is 6.08. The number of nitrogens with two attached hydrogens (primary N) is 1. The summed E-state index contributed by atoms with van der Waals surface area (Å²) in [7, 11) is 0. The minimum Gasteiger partial charge on any atom is -0.462 e. The average molecular weight is 293 g/mol. The predicted octanol–water partition coefficient (Wildman–Crippen LogP) is 2.04. The van der Waals surface area contributed by atoms with Gasteiger partial charge in [0.25, 0.3) is 0 Å². The smallest absolute Gasteiger partial charge is 0.352 e. The first-order valence-electron chi connectivity index (χ1n) is 5.70. The monoisotopic (exact) mass is 292 g/mol. The van der Waals surface area contributed by atoms with Crippen molar-refractivity contribution in [1.29, 1.82) is 5.26 Å². The van der Waals surface area contributed by atoms with Crippen LogP contribution in [0.1, 0.15) is 6.92 Å². The van der Waals surface area contributed by atoms with Crippen LogP contribution in [0.2, 0.25) is 5.02 Å². The molecule has 0 saturated carbocycles. The van der Waals surface area contributed by atoms with E-state index in [9.17, 15) is 4.79 Å². The molecular weight excluding hydrogens is 280 g/mol. The Labute approximate surface area is 121 Å². The van der Waals surface area contributed by atoms with Crippen LogP contribution in [0.3, 0.4) is 0 Å². The lowest BCUT2D eigenvalue weighted by Crippen LogP contribution is -2.13. The lowest BCUT2D eigenvalue weighted by Gasteiger charge is -2.08. The van der Waals surface area contributed by atoms with E-state index in [0.29, 0.717) is 10.7 Å². The molecule has 104 valence electrons. The Hall–Kier alpha value is -2.52. The topological polar surface area (TPSA) is 100 Å². The van der Waals surface area contributed by atoms with E-state index < -0.39 is 5.97 Å². The van der Waals surface area contributed by atoms with Crippen LogP contribution in [0.5, 0.6) is 0 Å². The molecule has 0 fully saturated rings. The Morgan fingerprint density at radius 1 is 1.55 bits per heavy atom. The van der Waals surface area contributed by atoms with Crippen LogP contribution in [-0.4, -0.2) is 18.9 Å². The van der Waals surface area contributed by atoms with E-state index in [-0.39, 0.29) is 18.0 Å². The van der Waals surface area contributed by atoms with Gasteiger partial charge in [0.2, 0.25) is 0 Å². The molecule has 1 rings (SSSR count). The maximum Gasteiger partial charge on any atom is 0.352 e. The van der Waals surface area contributed by atoms with E-state index in [4.69, 9.17) is 27.3 Å². The van der Waals surface area contributed by atoms with Gasteiger partial charge in [0.05, 0.1) is 12.9 Å². The first kappa shape index (κ1) is 15.5. The number of esters is 1. The fraction of sp³-hybridized carbons (Fsp3) is 0.154. The SMILES string of the molecule is CCOC(=O)/C(C#N)=C(\N=C\N)Nc1ccc(Cl)cc1. The molecule has 0 radical (unpaired) electrons. The number of halogens is 1. The van der Waals surface area contributed by atoms with Crippen molar-refractivity contribution in [1.82, 2.24) is 0 Å². The Morgan fingerprint density at radius 2 is 2.20 bits per heavy atom. The summed E-state index contributed by atoms with van der Waals surface area (Å²) in [6, 6.07) is 8.41. The maximum atomic E-state index is 11.7. The van der Waals surface area contributed by atoms with Crippen LogP contribution in [0.15, 0.2) is 40.7 Å². The van der Waals surface area contributed by atoms with Crippen LogP contribution in [0.25, 0.3) is 0 Å². The van der Waals surface area contributed by atoms with Crippen molar-refractivity contribution in [2.45, 2.75) is 6.92 Å². The molecule has 6 nitrogen and oxygen atoms in total. The van der Waals surface area contributed by atoms with E-state index in [1.807, 2.05) is 0 Å². The summed E-state index contributed by atoms with van der Waals surface area (Å²) in [6.07, 6.45) is 0.981. The molecule has 0 unspecified atom stereocenters. The molecule has 0 amide bonds. The molecule has 0 aromatic heterocycles. The number of nitriles is 1. The maximum absolute atomic E-state index is 11.7. The van der Waals surface area contributed by atoms with E-state index >= 15 is 0 Å². The molecule has 3 N–H and O–H groups in total. The molecule has 1 aromatic carbocycles. The van der Waals surface area contributed by atoms with Crippen LogP contribution >= 0.6 is 11.6 Å². The molecule has 0 saturated heterocycles. The van der Waals surface area contributed by atoms with Gasteiger partial charge in [-0.15, -0.1) is 0 Å². The van der Waals surface area contributed by atoms with Crippen LogP contribution in [0.4, 0.5) is 5.69 Å². The van der Waals surface area contributed by atoms with Gasteiger partial charge in [-0.05, 0) is 31.2 Å². The number of ether oxygens (including phenoxy) is 1.